The van der Waals surface area contributed by atoms with E-state index >= 15 is 0 Å². The van der Waals surface area contributed by atoms with E-state index in [2.05, 4.69) is 10.6 Å². The summed E-state index contributed by atoms with van der Waals surface area (Å²) in [5.74, 6) is -4.78. The summed E-state index contributed by atoms with van der Waals surface area (Å²) < 4.78 is 10.0. The number of nitrogens with one attached hydrogen (secondary N) is 2. The van der Waals surface area contributed by atoms with Gasteiger partial charge in [-0.3, -0.25) is 4.79 Å². The number of carbonyl (C=O) groups excluding carboxylic acids is 4. The van der Waals surface area contributed by atoms with E-state index in [1.54, 1.807) is 27.7 Å². The number of esters is 2. The molecule has 0 radical (unpaired) electrons. The Morgan fingerprint density at radius 1 is 1.00 bits per heavy atom. The number of dihydropyridines is 1. The van der Waals surface area contributed by atoms with Crippen LogP contribution in [0.5, 0.6) is 0 Å². The van der Waals surface area contributed by atoms with Crippen LogP contribution in [0.3, 0.4) is 0 Å². The molecule has 1 rings (SSSR count). The Bertz CT molecular complexity index is 630. The molecule has 0 saturated heterocycles. The Morgan fingerprint density at radius 2 is 1.44 bits per heavy atom. The van der Waals surface area contributed by atoms with Gasteiger partial charge in [0, 0.05) is 30.3 Å². The van der Waals surface area contributed by atoms with E-state index in [4.69, 9.17) is 9.47 Å². The van der Waals surface area contributed by atoms with Crippen molar-refractivity contribution in [3.05, 3.63) is 22.5 Å². The molecule has 9 nitrogen and oxygen atoms in total. The van der Waals surface area contributed by atoms with Gasteiger partial charge in [-0.2, -0.15) is 0 Å². The fourth-order valence-corrected chi connectivity index (χ4v) is 2.60. The van der Waals surface area contributed by atoms with E-state index in [-0.39, 0.29) is 60.5 Å². The maximum Gasteiger partial charge on any atom is 1.00 e. The maximum absolute atomic E-state index is 12.7. The van der Waals surface area contributed by atoms with E-state index in [1.807, 2.05) is 0 Å². The van der Waals surface area contributed by atoms with Gasteiger partial charge < -0.3 is 30.0 Å². The van der Waals surface area contributed by atoms with Crippen LogP contribution in [-0.2, 0) is 28.7 Å². The number of hydrogen-bond donors (Lipinski definition) is 2. The summed E-state index contributed by atoms with van der Waals surface area (Å²) in [6.07, 6.45) is -0.397. The van der Waals surface area contributed by atoms with Crippen molar-refractivity contribution in [3.63, 3.8) is 0 Å². The van der Waals surface area contributed by atoms with Gasteiger partial charge in [0.05, 0.1) is 24.4 Å². The average molecular weight is 390 g/mol. The second-order valence-corrected chi connectivity index (χ2v) is 5.49. The van der Waals surface area contributed by atoms with Gasteiger partial charge in [0.25, 0.3) is 0 Å². The molecule has 0 spiro atoms. The van der Waals surface area contributed by atoms with Gasteiger partial charge in [0.2, 0.25) is 5.91 Å². The molecule has 1 aliphatic heterocycles. The van der Waals surface area contributed by atoms with Crippen LogP contribution in [-0.4, -0.2) is 43.6 Å². The number of hydrogen-bond acceptors (Lipinski definition) is 8. The van der Waals surface area contributed by atoms with Gasteiger partial charge >= 0.3 is 41.5 Å². The topological polar surface area (TPSA) is 134 Å². The van der Waals surface area contributed by atoms with Gasteiger partial charge in [-0.1, -0.05) is 0 Å². The van der Waals surface area contributed by atoms with E-state index in [1.165, 1.54) is 0 Å². The number of rotatable bonds is 8. The first-order chi connectivity index (χ1) is 12.2. The Balaban J connectivity index is 0.00000676. The molecule has 0 aromatic heterocycles. The predicted molar refractivity (Wildman–Crippen MR) is 87.9 cm³/mol. The monoisotopic (exact) mass is 390 g/mol. The third-order valence-electron chi connectivity index (χ3n) is 3.64. The van der Waals surface area contributed by atoms with E-state index < -0.39 is 36.2 Å². The smallest absolute Gasteiger partial charge is 0.550 e. The third kappa shape index (κ3) is 6.67. The minimum atomic E-state index is -1.33. The summed E-state index contributed by atoms with van der Waals surface area (Å²) in [7, 11) is 0. The second-order valence-electron chi connectivity index (χ2n) is 5.49. The standard InChI is InChI=1S/C17H24N2O7.Na/c1-5-25-16(23)12-9(3)19-10(4)13(17(24)26-6-2)14(12)15(22)18-8-7-11(20)21;/h14,19H,5-8H2,1-4H3,(H,18,22)(H,20,21);/q;+1/p-1. The van der Waals surface area contributed by atoms with Crippen LogP contribution in [0, 0.1) is 5.92 Å². The summed E-state index contributed by atoms with van der Waals surface area (Å²) >= 11 is 0. The van der Waals surface area contributed by atoms with Crippen LogP contribution in [0.4, 0.5) is 0 Å². The third-order valence-corrected chi connectivity index (χ3v) is 3.64. The van der Waals surface area contributed by atoms with Crippen LogP contribution >= 0.6 is 0 Å². The summed E-state index contributed by atoms with van der Waals surface area (Å²) in [6, 6.07) is 0. The number of carboxylic acid groups (broad SMARTS) is 1. The van der Waals surface area contributed by atoms with Crippen LogP contribution in [0.2, 0.25) is 0 Å². The molecule has 0 saturated carbocycles. The minimum Gasteiger partial charge on any atom is -0.550 e. The van der Waals surface area contributed by atoms with Gasteiger partial charge in [-0.25, -0.2) is 9.59 Å². The van der Waals surface area contributed by atoms with Crippen molar-refractivity contribution in [1.29, 1.82) is 0 Å². The molecular weight excluding hydrogens is 367 g/mol. The van der Waals surface area contributed by atoms with Gasteiger partial charge in [-0.15, -0.1) is 0 Å². The molecule has 2 N–H and O–H groups in total. The molecule has 0 fully saturated rings. The molecule has 10 heteroatoms. The summed E-state index contributed by atoms with van der Waals surface area (Å²) in [5, 5.41) is 15.8. The maximum atomic E-state index is 12.7. The largest absolute Gasteiger partial charge is 1.00 e. The minimum absolute atomic E-state index is 0. The van der Waals surface area contributed by atoms with Crippen molar-refractivity contribution in [2.24, 2.45) is 5.92 Å². The Morgan fingerprint density at radius 3 is 1.81 bits per heavy atom. The molecule has 0 aliphatic carbocycles. The summed E-state index contributed by atoms with van der Waals surface area (Å²) in [4.78, 5) is 47.9. The Hall–Kier alpha value is -1.84. The fourth-order valence-electron chi connectivity index (χ4n) is 2.60. The van der Waals surface area contributed by atoms with Crippen molar-refractivity contribution in [2.75, 3.05) is 19.8 Å². The van der Waals surface area contributed by atoms with E-state index in [0.717, 1.165) is 0 Å². The number of carboxylic acids is 1. The number of aliphatic carboxylic acids is 1. The molecule has 144 valence electrons. The van der Waals surface area contributed by atoms with Crippen LogP contribution in [0.15, 0.2) is 22.5 Å². The van der Waals surface area contributed by atoms with Crippen LogP contribution < -0.4 is 45.3 Å². The molecule has 1 amide bonds. The molecule has 0 unspecified atom stereocenters. The average Bonchev–Trinajstić information content (AvgIpc) is 2.53. The summed E-state index contributed by atoms with van der Waals surface area (Å²) in [6.45, 7) is 6.38. The van der Waals surface area contributed by atoms with Crippen LogP contribution in [0.25, 0.3) is 0 Å². The van der Waals surface area contributed by atoms with Gasteiger partial charge in [0.1, 0.15) is 5.92 Å². The fraction of sp³-hybridized carbons (Fsp3) is 0.529. The zero-order valence-corrected chi connectivity index (χ0v) is 18.3. The molecule has 1 aliphatic rings. The molecule has 0 bridgehead atoms. The number of carbonyl (C=O) groups is 4. The molecular formula is C17H23N2NaO7. The Labute approximate surface area is 179 Å². The van der Waals surface area contributed by atoms with Crippen molar-refractivity contribution in [3.8, 4) is 0 Å². The summed E-state index contributed by atoms with van der Waals surface area (Å²) in [5.41, 5.74) is 0.695. The Kier molecular flexibility index (Phi) is 11.0. The zero-order valence-electron chi connectivity index (χ0n) is 16.3. The SMILES string of the molecule is CCOC(=O)C1=C(C)NC(C)=C(C(=O)OCC)C1C(=O)NCCC(=O)[O-].[Na+]. The normalized spacial score (nSPS) is 14.1. The zero-order chi connectivity index (χ0) is 19.9. The van der Waals surface area contributed by atoms with Crippen molar-refractivity contribution >= 4 is 23.8 Å². The number of allylic oxidation sites excluding steroid dienone is 2. The van der Waals surface area contributed by atoms with Gasteiger partial charge in [-0.05, 0) is 27.7 Å². The first-order valence-corrected chi connectivity index (χ1v) is 8.24. The van der Waals surface area contributed by atoms with E-state index in [9.17, 15) is 24.3 Å². The predicted octanol–water partition coefficient (Wildman–Crippen LogP) is -3.86. The molecule has 0 aromatic carbocycles. The van der Waals surface area contributed by atoms with Crippen LogP contribution in [0.1, 0.15) is 34.1 Å². The first-order valence-electron chi connectivity index (χ1n) is 8.24. The van der Waals surface area contributed by atoms with Crippen molar-refractivity contribution < 1.29 is 63.3 Å². The van der Waals surface area contributed by atoms with E-state index in [0.29, 0.717) is 11.4 Å². The number of amides is 1. The first kappa shape index (κ1) is 25.2. The molecule has 1 heterocycles. The number of ether oxygens (including phenoxy) is 2. The van der Waals surface area contributed by atoms with Crippen molar-refractivity contribution in [2.45, 2.75) is 34.1 Å². The molecule has 27 heavy (non-hydrogen) atoms. The van der Waals surface area contributed by atoms with Gasteiger partial charge in [0.15, 0.2) is 0 Å². The molecule has 0 atom stereocenters. The molecule has 0 aromatic rings. The van der Waals surface area contributed by atoms with Crippen molar-refractivity contribution in [1.82, 2.24) is 10.6 Å². The quantitative estimate of drug-likeness (QED) is 0.318. The second kappa shape index (κ2) is 11.8.